The van der Waals surface area contributed by atoms with Crippen LogP contribution in [0.5, 0.6) is 0 Å². The molecule has 1 aliphatic heterocycles. The maximum atomic E-state index is 12.5. The third-order valence-electron chi connectivity index (χ3n) is 4.10. The Labute approximate surface area is 145 Å². The highest BCUT2D eigenvalue weighted by atomic mass is 35.5. The van der Waals surface area contributed by atoms with Crippen LogP contribution in [0, 0.1) is 5.92 Å². The zero-order valence-corrected chi connectivity index (χ0v) is 13.9. The molecule has 124 valence electrons. The topological polar surface area (TPSA) is 62.3 Å². The SMILES string of the molecule is O=C(Nc1ccccc1)C1CCCN(C(=O)c2ccc(Cl)nc2)C1. The molecule has 0 aliphatic carbocycles. The molecule has 0 saturated carbocycles. The molecule has 2 amide bonds. The van der Waals surface area contributed by atoms with Crippen LogP contribution in [0.25, 0.3) is 0 Å². The van der Waals surface area contributed by atoms with Crippen molar-refractivity contribution in [2.45, 2.75) is 12.8 Å². The number of nitrogens with one attached hydrogen (secondary N) is 1. The molecular weight excluding hydrogens is 326 g/mol. The summed E-state index contributed by atoms with van der Waals surface area (Å²) in [5.74, 6) is -0.368. The van der Waals surface area contributed by atoms with E-state index in [2.05, 4.69) is 10.3 Å². The van der Waals surface area contributed by atoms with Crippen molar-refractivity contribution >= 4 is 29.1 Å². The van der Waals surface area contributed by atoms with Crippen LogP contribution in [0.15, 0.2) is 48.7 Å². The monoisotopic (exact) mass is 343 g/mol. The molecule has 0 spiro atoms. The van der Waals surface area contributed by atoms with E-state index in [-0.39, 0.29) is 17.7 Å². The zero-order chi connectivity index (χ0) is 16.9. The first-order chi connectivity index (χ1) is 11.6. The highest BCUT2D eigenvalue weighted by Gasteiger charge is 2.29. The molecule has 1 aromatic carbocycles. The van der Waals surface area contributed by atoms with Gasteiger partial charge in [-0.15, -0.1) is 0 Å². The molecule has 0 bridgehead atoms. The van der Waals surface area contributed by atoms with Gasteiger partial charge < -0.3 is 10.2 Å². The minimum atomic E-state index is -0.205. The van der Waals surface area contributed by atoms with Gasteiger partial charge in [0.2, 0.25) is 5.91 Å². The largest absolute Gasteiger partial charge is 0.338 e. The number of hydrogen-bond donors (Lipinski definition) is 1. The summed E-state index contributed by atoms with van der Waals surface area (Å²) in [5.41, 5.74) is 1.26. The molecule has 0 radical (unpaired) electrons. The Morgan fingerprint density at radius 1 is 1.17 bits per heavy atom. The van der Waals surface area contributed by atoms with Crippen LogP contribution in [-0.2, 0) is 4.79 Å². The number of amides is 2. The normalized spacial score (nSPS) is 17.4. The van der Waals surface area contributed by atoms with Crippen molar-refractivity contribution in [1.82, 2.24) is 9.88 Å². The highest BCUT2D eigenvalue weighted by Crippen LogP contribution is 2.20. The van der Waals surface area contributed by atoms with Gasteiger partial charge in [0.25, 0.3) is 5.91 Å². The number of hydrogen-bond acceptors (Lipinski definition) is 3. The van der Waals surface area contributed by atoms with E-state index in [0.29, 0.717) is 23.8 Å². The molecule has 2 heterocycles. The van der Waals surface area contributed by atoms with Crippen LogP contribution < -0.4 is 5.32 Å². The van der Waals surface area contributed by atoms with Gasteiger partial charge in [0.05, 0.1) is 11.5 Å². The van der Waals surface area contributed by atoms with Gasteiger partial charge in [-0.05, 0) is 37.1 Å². The number of halogens is 1. The lowest BCUT2D eigenvalue weighted by molar-refractivity contribution is -0.121. The van der Waals surface area contributed by atoms with E-state index in [4.69, 9.17) is 11.6 Å². The van der Waals surface area contributed by atoms with Gasteiger partial charge in [-0.25, -0.2) is 4.98 Å². The number of likely N-dealkylation sites (tertiary alicyclic amines) is 1. The summed E-state index contributed by atoms with van der Waals surface area (Å²) >= 11 is 5.75. The first-order valence-electron chi connectivity index (χ1n) is 7.90. The number of nitrogens with zero attached hydrogens (tertiary/aromatic N) is 2. The second-order valence-electron chi connectivity index (χ2n) is 5.82. The number of aromatic nitrogens is 1. The molecule has 5 nitrogen and oxygen atoms in total. The van der Waals surface area contributed by atoms with E-state index < -0.39 is 0 Å². The van der Waals surface area contributed by atoms with Gasteiger partial charge in [-0.3, -0.25) is 9.59 Å². The lowest BCUT2D eigenvalue weighted by Gasteiger charge is -2.32. The Kier molecular flexibility index (Phi) is 5.11. The van der Waals surface area contributed by atoms with Crippen molar-refractivity contribution < 1.29 is 9.59 Å². The first kappa shape index (κ1) is 16.5. The molecule has 1 saturated heterocycles. The number of carbonyl (C=O) groups excluding carboxylic acids is 2. The van der Waals surface area contributed by atoms with E-state index in [9.17, 15) is 9.59 Å². The van der Waals surface area contributed by atoms with E-state index in [0.717, 1.165) is 18.5 Å². The van der Waals surface area contributed by atoms with Crippen molar-refractivity contribution in [3.8, 4) is 0 Å². The number of rotatable bonds is 3. The predicted octanol–water partition coefficient (Wildman–Crippen LogP) is 3.23. The van der Waals surface area contributed by atoms with Crippen LogP contribution in [0.2, 0.25) is 5.15 Å². The molecule has 24 heavy (non-hydrogen) atoms. The number of anilines is 1. The molecule has 1 aromatic heterocycles. The van der Waals surface area contributed by atoms with Gasteiger partial charge in [-0.2, -0.15) is 0 Å². The second kappa shape index (κ2) is 7.45. The summed E-state index contributed by atoms with van der Waals surface area (Å²) < 4.78 is 0. The average Bonchev–Trinajstić information content (AvgIpc) is 2.63. The molecule has 1 N–H and O–H groups in total. The third-order valence-corrected chi connectivity index (χ3v) is 4.32. The molecule has 2 aromatic rings. The van der Waals surface area contributed by atoms with E-state index in [1.54, 1.807) is 17.0 Å². The number of carbonyl (C=O) groups is 2. The quantitative estimate of drug-likeness (QED) is 0.870. The second-order valence-corrected chi connectivity index (χ2v) is 6.20. The van der Waals surface area contributed by atoms with E-state index >= 15 is 0 Å². The first-order valence-corrected chi connectivity index (χ1v) is 8.28. The van der Waals surface area contributed by atoms with Crippen molar-refractivity contribution in [1.29, 1.82) is 0 Å². The third kappa shape index (κ3) is 3.92. The van der Waals surface area contributed by atoms with Gasteiger partial charge in [0.15, 0.2) is 0 Å². The van der Waals surface area contributed by atoms with Crippen molar-refractivity contribution in [2.75, 3.05) is 18.4 Å². The van der Waals surface area contributed by atoms with Crippen LogP contribution in [0.3, 0.4) is 0 Å². The molecule has 1 unspecified atom stereocenters. The van der Waals surface area contributed by atoms with E-state index in [1.807, 2.05) is 30.3 Å². The van der Waals surface area contributed by atoms with Crippen molar-refractivity contribution in [3.05, 3.63) is 59.4 Å². The molecule has 6 heteroatoms. The van der Waals surface area contributed by atoms with Gasteiger partial charge in [0.1, 0.15) is 5.15 Å². The molecular formula is C18H18ClN3O2. The van der Waals surface area contributed by atoms with Gasteiger partial charge in [0, 0.05) is 25.0 Å². The fourth-order valence-corrected chi connectivity index (χ4v) is 2.94. The minimum Gasteiger partial charge on any atom is -0.338 e. The van der Waals surface area contributed by atoms with Crippen LogP contribution in [0.1, 0.15) is 23.2 Å². The minimum absolute atomic E-state index is 0.0482. The summed E-state index contributed by atoms with van der Waals surface area (Å²) in [6, 6.07) is 12.6. The summed E-state index contributed by atoms with van der Waals surface area (Å²) in [4.78, 5) is 30.6. The number of piperidine rings is 1. The number of benzene rings is 1. The average molecular weight is 344 g/mol. The van der Waals surface area contributed by atoms with Crippen LogP contribution >= 0.6 is 11.6 Å². The number of pyridine rings is 1. The lowest BCUT2D eigenvalue weighted by atomic mass is 9.96. The Morgan fingerprint density at radius 3 is 2.67 bits per heavy atom. The summed E-state index contributed by atoms with van der Waals surface area (Å²) in [6.07, 6.45) is 3.05. The fourth-order valence-electron chi connectivity index (χ4n) is 2.83. The van der Waals surface area contributed by atoms with E-state index in [1.165, 1.54) is 6.20 Å². The molecule has 1 aliphatic rings. The Hall–Kier alpha value is -2.40. The van der Waals surface area contributed by atoms with Crippen LogP contribution in [0.4, 0.5) is 5.69 Å². The smallest absolute Gasteiger partial charge is 0.255 e. The number of para-hydroxylation sites is 1. The predicted molar refractivity (Wildman–Crippen MR) is 92.9 cm³/mol. The molecule has 1 fully saturated rings. The van der Waals surface area contributed by atoms with Gasteiger partial charge >= 0.3 is 0 Å². The molecule has 3 rings (SSSR count). The lowest BCUT2D eigenvalue weighted by Crippen LogP contribution is -2.43. The van der Waals surface area contributed by atoms with Crippen molar-refractivity contribution in [3.63, 3.8) is 0 Å². The Balaban J connectivity index is 1.64. The maximum absolute atomic E-state index is 12.5. The Bertz CT molecular complexity index is 719. The standard InChI is InChI=1S/C18H18ClN3O2/c19-16-9-8-13(11-20-16)18(24)22-10-4-5-14(12-22)17(23)21-15-6-2-1-3-7-15/h1-3,6-9,11,14H,4-5,10,12H2,(H,21,23). The van der Waals surface area contributed by atoms with Crippen molar-refractivity contribution in [2.24, 2.45) is 5.92 Å². The van der Waals surface area contributed by atoms with Crippen LogP contribution in [-0.4, -0.2) is 34.8 Å². The highest BCUT2D eigenvalue weighted by molar-refractivity contribution is 6.29. The summed E-state index contributed by atoms with van der Waals surface area (Å²) in [6.45, 7) is 1.07. The maximum Gasteiger partial charge on any atom is 0.255 e. The summed E-state index contributed by atoms with van der Waals surface area (Å²) in [7, 11) is 0. The molecule has 1 atom stereocenters. The Morgan fingerprint density at radius 2 is 1.96 bits per heavy atom. The summed E-state index contributed by atoms with van der Waals surface area (Å²) in [5, 5.41) is 3.26. The van der Waals surface area contributed by atoms with Gasteiger partial charge in [-0.1, -0.05) is 29.8 Å². The zero-order valence-electron chi connectivity index (χ0n) is 13.1. The fraction of sp³-hybridized carbons (Fsp3) is 0.278.